The summed E-state index contributed by atoms with van der Waals surface area (Å²) in [6.07, 6.45) is 3.42. The van der Waals surface area contributed by atoms with Crippen LogP contribution in [0.15, 0.2) is 65.8 Å². The topological polar surface area (TPSA) is 67.3 Å². The molecule has 1 aliphatic heterocycles. The van der Waals surface area contributed by atoms with E-state index in [2.05, 4.69) is 45.5 Å². The Morgan fingerprint density at radius 3 is 2.54 bits per heavy atom. The van der Waals surface area contributed by atoms with Crippen LogP contribution in [0.4, 0.5) is 5.82 Å². The zero-order valence-electron chi connectivity index (χ0n) is 20.0. The van der Waals surface area contributed by atoms with Gasteiger partial charge in [0.25, 0.3) is 5.91 Å². The molecule has 2 aromatic carbocycles. The zero-order chi connectivity index (χ0) is 24.5. The Labute approximate surface area is 216 Å². The molecule has 0 spiro atoms. The highest BCUT2D eigenvalue weighted by Gasteiger charge is 2.21. The van der Waals surface area contributed by atoms with E-state index in [0.29, 0.717) is 40.7 Å². The lowest BCUT2D eigenvalue weighted by Crippen LogP contribution is -2.35. The molecule has 0 aliphatic carbocycles. The van der Waals surface area contributed by atoms with Crippen molar-refractivity contribution in [2.45, 2.75) is 30.2 Å². The number of benzene rings is 2. The number of thioether (sulfide) groups is 1. The Morgan fingerprint density at radius 1 is 1.09 bits per heavy atom. The predicted molar refractivity (Wildman–Crippen MR) is 142 cm³/mol. The molecule has 1 aliphatic rings. The molecule has 8 heteroatoms. The third-order valence-corrected chi connectivity index (χ3v) is 7.25. The van der Waals surface area contributed by atoms with Gasteiger partial charge in [-0.05, 0) is 48.4 Å². The summed E-state index contributed by atoms with van der Waals surface area (Å²) in [4.78, 5) is 23.7. The molecule has 0 unspecified atom stereocenters. The fraction of sp³-hybridized carbons (Fsp3) is 0.370. The highest BCUT2D eigenvalue weighted by molar-refractivity contribution is 7.98. The number of nitrogens with one attached hydrogen (secondary N) is 1. The number of ether oxygens (including phenoxy) is 1. The zero-order valence-corrected chi connectivity index (χ0v) is 21.5. The molecule has 184 valence electrons. The van der Waals surface area contributed by atoms with Crippen LogP contribution in [0, 0.1) is 5.92 Å². The molecule has 1 aromatic heterocycles. The largest absolute Gasteiger partial charge is 0.383 e. The van der Waals surface area contributed by atoms with E-state index in [9.17, 15) is 4.79 Å². The molecule has 2 heterocycles. The van der Waals surface area contributed by atoms with Crippen molar-refractivity contribution in [2.24, 2.45) is 5.92 Å². The van der Waals surface area contributed by atoms with E-state index in [1.165, 1.54) is 5.56 Å². The smallest absolute Gasteiger partial charge is 0.251 e. The number of amides is 1. The number of piperidine rings is 1. The van der Waals surface area contributed by atoms with Crippen LogP contribution < -0.4 is 10.2 Å². The number of carbonyl (C=O) groups is 1. The van der Waals surface area contributed by atoms with Gasteiger partial charge in [0.15, 0.2) is 5.16 Å². The van der Waals surface area contributed by atoms with E-state index in [0.717, 1.165) is 43.7 Å². The first-order valence-corrected chi connectivity index (χ1v) is 13.3. The maximum atomic E-state index is 12.1. The van der Waals surface area contributed by atoms with Gasteiger partial charge in [-0.25, -0.2) is 9.97 Å². The van der Waals surface area contributed by atoms with E-state index >= 15 is 0 Å². The number of halogens is 1. The normalized spacial score (nSPS) is 14.2. The molecule has 0 saturated carbocycles. The van der Waals surface area contributed by atoms with Crippen LogP contribution in [0.1, 0.15) is 34.3 Å². The highest BCUT2D eigenvalue weighted by Crippen LogP contribution is 2.28. The Bertz CT molecular complexity index is 1090. The van der Waals surface area contributed by atoms with E-state index < -0.39 is 0 Å². The lowest BCUT2D eigenvalue weighted by Gasteiger charge is -2.33. The van der Waals surface area contributed by atoms with Crippen molar-refractivity contribution in [1.29, 1.82) is 0 Å². The number of carbonyl (C=O) groups excluding carboxylic acids is 1. The number of rotatable bonds is 10. The fourth-order valence-corrected chi connectivity index (χ4v) is 5.23. The summed E-state index contributed by atoms with van der Waals surface area (Å²) in [5.41, 5.74) is 3.14. The SMILES string of the molecule is COCCNC(=O)c1ccc(CSc2nc(Cl)cc(N3CCC(Cc4ccccc4)CC3)n2)cc1. The molecule has 1 N–H and O–H groups in total. The molecule has 0 atom stereocenters. The molecule has 3 aromatic rings. The molecule has 1 saturated heterocycles. The van der Waals surface area contributed by atoms with Crippen molar-refractivity contribution in [1.82, 2.24) is 15.3 Å². The first-order valence-electron chi connectivity index (χ1n) is 11.9. The van der Waals surface area contributed by atoms with Crippen LogP contribution in [0.5, 0.6) is 0 Å². The molecular formula is C27H31ClN4O2S. The molecule has 1 amide bonds. The second kappa shape index (κ2) is 12.9. The minimum absolute atomic E-state index is 0.100. The standard InChI is InChI=1S/C27H31ClN4O2S/c1-34-16-13-29-26(33)23-9-7-22(8-10-23)19-35-27-30-24(28)18-25(31-27)32-14-11-21(12-15-32)17-20-5-3-2-4-6-20/h2-10,18,21H,11-17,19H2,1H3,(H,29,33). The van der Waals surface area contributed by atoms with Crippen LogP contribution in [0.3, 0.4) is 0 Å². The Hall–Kier alpha value is -2.61. The van der Waals surface area contributed by atoms with Gasteiger partial charge in [-0.2, -0.15) is 0 Å². The van der Waals surface area contributed by atoms with Crippen molar-refractivity contribution in [3.8, 4) is 0 Å². The summed E-state index contributed by atoms with van der Waals surface area (Å²) in [5.74, 6) is 2.19. The van der Waals surface area contributed by atoms with E-state index in [1.54, 1.807) is 18.9 Å². The monoisotopic (exact) mass is 510 g/mol. The van der Waals surface area contributed by atoms with Gasteiger partial charge in [0.1, 0.15) is 11.0 Å². The van der Waals surface area contributed by atoms with Gasteiger partial charge in [0.05, 0.1) is 6.61 Å². The number of nitrogens with zero attached hydrogens (tertiary/aromatic N) is 3. The van der Waals surface area contributed by atoms with Crippen molar-refractivity contribution in [3.63, 3.8) is 0 Å². The minimum Gasteiger partial charge on any atom is -0.383 e. The van der Waals surface area contributed by atoms with E-state index in [-0.39, 0.29) is 5.91 Å². The third kappa shape index (κ3) is 7.69. The summed E-state index contributed by atoms with van der Waals surface area (Å²) < 4.78 is 4.96. The molecule has 0 radical (unpaired) electrons. The quantitative estimate of drug-likeness (QED) is 0.174. The molecular weight excluding hydrogens is 480 g/mol. The predicted octanol–water partition coefficient (Wildman–Crippen LogP) is 5.26. The van der Waals surface area contributed by atoms with Gasteiger partial charge >= 0.3 is 0 Å². The summed E-state index contributed by atoms with van der Waals surface area (Å²) in [5, 5.41) is 3.96. The van der Waals surface area contributed by atoms with Crippen LogP contribution in [0.2, 0.25) is 5.15 Å². The molecule has 35 heavy (non-hydrogen) atoms. The van der Waals surface area contributed by atoms with Crippen molar-refractivity contribution in [2.75, 3.05) is 38.3 Å². The lowest BCUT2D eigenvalue weighted by atomic mass is 9.90. The fourth-order valence-electron chi connectivity index (χ4n) is 4.19. The van der Waals surface area contributed by atoms with Gasteiger partial charge in [-0.3, -0.25) is 4.79 Å². The Kier molecular flexibility index (Phi) is 9.40. The summed E-state index contributed by atoms with van der Waals surface area (Å²) in [6, 6.07) is 20.2. The molecule has 0 bridgehead atoms. The maximum absolute atomic E-state index is 12.1. The summed E-state index contributed by atoms with van der Waals surface area (Å²) in [7, 11) is 1.61. The van der Waals surface area contributed by atoms with Gasteiger partial charge < -0.3 is 15.0 Å². The average Bonchev–Trinajstić information content (AvgIpc) is 2.88. The summed E-state index contributed by atoms with van der Waals surface area (Å²) in [6.45, 7) is 2.94. The first-order chi connectivity index (χ1) is 17.1. The van der Waals surface area contributed by atoms with Crippen LogP contribution in [-0.2, 0) is 16.9 Å². The lowest BCUT2D eigenvalue weighted by molar-refractivity contribution is 0.0937. The second-order valence-electron chi connectivity index (χ2n) is 8.69. The Balaban J connectivity index is 1.30. The van der Waals surface area contributed by atoms with Crippen molar-refractivity contribution in [3.05, 3.63) is 82.5 Å². The number of hydrogen-bond acceptors (Lipinski definition) is 6. The van der Waals surface area contributed by atoms with Crippen molar-refractivity contribution < 1.29 is 9.53 Å². The van der Waals surface area contributed by atoms with Crippen LogP contribution >= 0.6 is 23.4 Å². The number of anilines is 1. The van der Waals surface area contributed by atoms with Crippen molar-refractivity contribution >= 4 is 35.1 Å². The molecule has 6 nitrogen and oxygen atoms in total. The minimum atomic E-state index is -0.100. The second-order valence-corrected chi connectivity index (χ2v) is 10.0. The number of methoxy groups -OCH3 is 1. The molecule has 4 rings (SSSR count). The average molecular weight is 511 g/mol. The Morgan fingerprint density at radius 2 is 1.83 bits per heavy atom. The van der Waals surface area contributed by atoms with Crippen LogP contribution in [-0.4, -0.2) is 49.2 Å². The van der Waals surface area contributed by atoms with Gasteiger partial charge in [0, 0.05) is 44.1 Å². The van der Waals surface area contributed by atoms with Crippen LogP contribution in [0.25, 0.3) is 0 Å². The van der Waals surface area contributed by atoms with Gasteiger partial charge in [-0.1, -0.05) is 65.8 Å². The van der Waals surface area contributed by atoms with Gasteiger partial charge in [-0.15, -0.1) is 0 Å². The number of aromatic nitrogens is 2. The summed E-state index contributed by atoms with van der Waals surface area (Å²) >= 11 is 7.90. The third-order valence-electron chi connectivity index (χ3n) is 6.14. The van der Waals surface area contributed by atoms with E-state index in [4.69, 9.17) is 21.3 Å². The first kappa shape index (κ1) is 25.5. The molecule has 1 fully saturated rings. The number of hydrogen-bond donors (Lipinski definition) is 1. The highest BCUT2D eigenvalue weighted by atomic mass is 35.5. The maximum Gasteiger partial charge on any atom is 0.251 e. The van der Waals surface area contributed by atoms with E-state index in [1.807, 2.05) is 30.3 Å². The van der Waals surface area contributed by atoms with Gasteiger partial charge in [0.2, 0.25) is 0 Å².